The van der Waals surface area contributed by atoms with Gasteiger partial charge >= 0.3 is 6.03 Å². The van der Waals surface area contributed by atoms with Crippen molar-refractivity contribution in [2.75, 3.05) is 13.2 Å². The number of urea groups is 1. The van der Waals surface area contributed by atoms with E-state index in [0.717, 1.165) is 19.3 Å². The van der Waals surface area contributed by atoms with Crippen LogP contribution in [0.3, 0.4) is 0 Å². The maximum Gasteiger partial charge on any atom is 0.325 e. The summed E-state index contributed by atoms with van der Waals surface area (Å²) in [5, 5.41) is 11.7. The van der Waals surface area contributed by atoms with Crippen LogP contribution in [0.25, 0.3) is 0 Å². The van der Waals surface area contributed by atoms with E-state index in [0.29, 0.717) is 17.7 Å². The van der Waals surface area contributed by atoms with Crippen molar-refractivity contribution in [3.63, 3.8) is 0 Å². The summed E-state index contributed by atoms with van der Waals surface area (Å²) in [5.74, 6) is 0.650. The van der Waals surface area contributed by atoms with Crippen molar-refractivity contribution >= 4 is 11.9 Å². The fourth-order valence-corrected chi connectivity index (χ4v) is 3.58. The van der Waals surface area contributed by atoms with Crippen LogP contribution in [0.1, 0.15) is 38.2 Å². The number of benzene rings is 1. The maximum atomic E-state index is 12.8. The van der Waals surface area contributed by atoms with Gasteiger partial charge in [-0.1, -0.05) is 19.8 Å². The van der Waals surface area contributed by atoms with E-state index in [4.69, 9.17) is 10.00 Å². The van der Waals surface area contributed by atoms with Gasteiger partial charge in [0.05, 0.1) is 18.2 Å². The molecule has 2 atom stereocenters. The molecule has 1 heterocycles. The summed E-state index contributed by atoms with van der Waals surface area (Å²) in [6.07, 6.45) is 3.74. The fraction of sp³-hybridized carbons (Fsp3) is 0.500. The highest BCUT2D eigenvalue weighted by Gasteiger charge is 2.54. The first-order valence-corrected chi connectivity index (χ1v) is 8.34. The Hall–Kier alpha value is -2.55. The van der Waals surface area contributed by atoms with Gasteiger partial charge in [0.25, 0.3) is 5.91 Å². The first-order chi connectivity index (χ1) is 11.6. The third-order valence-electron chi connectivity index (χ3n) is 5.07. The van der Waals surface area contributed by atoms with E-state index in [9.17, 15) is 9.59 Å². The summed E-state index contributed by atoms with van der Waals surface area (Å²) < 4.78 is 5.58. The lowest BCUT2D eigenvalue weighted by molar-refractivity contribution is -0.134. The van der Waals surface area contributed by atoms with Crippen LogP contribution in [0, 0.1) is 17.2 Å². The molecule has 1 aromatic carbocycles. The molecule has 3 amide bonds. The van der Waals surface area contributed by atoms with Gasteiger partial charge in [0.15, 0.2) is 0 Å². The van der Waals surface area contributed by atoms with Crippen LogP contribution >= 0.6 is 0 Å². The molecule has 1 saturated heterocycles. The molecule has 1 spiro atoms. The topological polar surface area (TPSA) is 82.4 Å². The first-order valence-electron chi connectivity index (χ1n) is 8.34. The van der Waals surface area contributed by atoms with Crippen LogP contribution in [-0.4, -0.2) is 35.5 Å². The van der Waals surface area contributed by atoms with Gasteiger partial charge in [-0.3, -0.25) is 9.69 Å². The summed E-state index contributed by atoms with van der Waals surface area (Å²) in [7, 11) is 0. The molecule has 1 aliphatic heterocycles. The summed E-state index contributed by atoms with van der Waals surface area (Å²) in [6, 6.07) is 8.46. The summed E-state index contributed by atoms with van der Waals surface area (Å²) in [6.45, 7) is 2.49. The van der Waals surface area contributed by atoms with Crippen LogP contribution in [0.2, 0.25) is 0 Å². The van der Waals surface area contributed by atoms with E-state index in [1.807, 2.05) is 13.0 Å². The average Bonchev–Trinajstić information content (AvgIpc) is 2.83. The normalized spacial score (nSPS) is 26.3. The van der Waals surface area contributed by atoms with Crippen molar-refractivity contribution in [1.82, 2.24) is 10.2 Å². The Morgan fingerprint density at radius 1 is 1.33 bits per heavy atom. The number of nitrogens with one attached hydrogen (secondary N) is 1. The number of rotatable bonds is 4. The van der Waals surface area contributed by atoms with Crippen molar-refractivity contribution in [2.24, 2.45) is 5.92 Å². The second-order valence-electron chi connectivity index (χ2n) is 6.49. The number of imide groups is 1. The highest BCUT2D eigenvalue weighted by atomic mass is 16.5. The highest BCUT2D eigenvalue weighted by molar-refractivity contribution is 6.07. The lowest BCUT2D eigenvalue weighted by Crippen LogP contribution is -2.54. The van der Waals surface area contributed by atoms with Gasteiger partial charge in [0, 0.05) is 0 Å². The monoisotopic (exact) mass is 327 g/mol. The second kappa shape index (κ2) is 6.52. The smallest absolute Gasteiger partial charge is 0.325 e. The van der Waals surface area contributed by atoms with Crippen LogP contribution in [0.4, 0.5) is 4.79 Å². The number of amides is 3. The Morgan fingerprint density at radius 2 is 2.08 bits per heavy atom. The number of ether oxygens (including phenoxy) is 1. The molecule has 0 bridgehead atoms. The lowest BCUT2D eigenvalue weighted by Gasteiger charge is -2.36. The number of nitrogens with zero attached hydrogens (tertiary/aromatic N) is 2. The number of carbonyl (C=O) groups is 2. The largest absolute Gasteiger partial charge is 0.492 e. The van der Waals surface area contributed by atoms with Crippen molar-refractivity contribution < 1.29 is 14.3 Å². The fourth-order valence-electron chi connectivity index (χ4n) is 3.58. The molecule has 24 heavy (non-hydrogen) atoms. The zero-order chi connectivity index (χ0) is 17.2. The molecular weight excluding hydrogens is 306 g/mol. The minimum Gasteiger partial charge on any atom is -0.492 e. The average molecular weight is 327 g/mol. The molecule has 2 aliphatic rings. The van der Waals surface area contributed by atoms with E-state index in [1.165, 1.54) is 4.90 Å². The molecule has 2 fully saturated rings. The summed E-state index contributed by atoms with van der Waals surface area (Å²) in [4.78, 5) is 26.3. The minimum atomic E-state index is -0.718. The molecule has 126 valence electrons. The van der Waals surface area contributed by atoms with E-state index in [-0.39, 0.29) is 31.0 Å². The first kappa shape index (κ1) is 16.3. The van der Waals surface area contributed by atoms with E-state index >= 15 is 0 Å². The number of hydrogen-bond acceptors (Lipinski definition) is 4. The van der Waals surface area contributed by atoms with E-state index in [1.54, 1.807) is 24.3 Å². The van der Waals surface area contributed by atoms with Crippen molar-refractivity contribution in [1.29, 1.82) is 5.26 Å². The number of hydrogen-bond donors (Lipinski definition) is 1. The van der Waals surface area contributed by atoms with Crippen LogP contribution in [0.15, 0.2) is 24.3 Å². The maximum absolute atomic E-state index is 12.8. The number of nitriles is 1. The van der Waals surface area contributed by atoms with Gasteiger partial charge in [-0.15, -0.1) is 0 Å². The molecule has 3 rings (SSSR count). The Kier molecular flexibility index (Phi) is 4.43. The molecule has 0 aromatic heterocycles. The molecule has 6 heteroatoms. The molecule has 6 nitrogen and oxygen atoms in total. The summed E-state index contributed by atoms with van der Waals surface area (Å²) in [5.41, 5.74) is -0.159. The molecule has 2 unspecified atom stereocenters. The third-order valence-corrected chi connectivity index (χ3v) is 5.07. The Labute approximate surface area is 141 Å². The van der Waals surface area contributed by atoms with Crippen molar-refractivity contribution in [3.8, 4) is 11.8 Å². The van der Waals surface area contributed by atoms with Gasteiger partial charge in [-0.05, 0) is 43.0 Å². The van der Waals surface area contributed by atoms with Gasteiger partial charge in [-0.2, -0.15) is 5.26 Å². The molecule has 1 saturated carbocycles. The lowest BCUT2D eigenvalue weighted by atomic mass is 9.73. The van der Waals surface area contributed by atoms with Crippen LogP contribution in [-0.2, 0) is 4.79 Å². The molecule has 1 aromatic rings. The highest BCUT2D eigenvalue weighted by Crippen LogP contribution is 2.38. The Morgan fingerprint density at radius 3 is 2.75 bits per heavy atom. The molecule has 0 radical (unpaired) electrons. The van der Waals surface area contributed by atoms with Crippen molar-refractivity contribution in [3.05, 3.63) is 29.8 Å². The third kappa shape index (κ3) is 2.82. The van der Waals surface area contributed by atoms with E-state index in [2.05, 4.69) is 5.32 Å². The van der Waals surface area contributed by atoms with Gasteiger partial charge in [-0.25, -0.2) is 4.79 Å². The van der Waals surface area contributed by atoms with Gasteiger partial charge in [0.1, 0.15) is 17.9 Å². The van der Waals surface area contributed by atoms with Crippen LogP contribution in [0.5, 0.6) is 5.75 Å². The Bertz CT molecular complexity index is 680. The number of carbonyl (C=O) groups excluding carboxylic acids is 2. The SMILES string of the molecule is CC1CCCCC12NC(=O)N(CCOc1ccc(C#N)cc1)C2=O. The predicted molar refractivity (Wildman–Crippen MR) is 87.3 cm³/mol. The standard InChI is InChI=1S/C18H21N3O3/c1-13-4-2-3-9-18(13)16(22)21(17(23)20-18)10-11-24-15-7-5-14(12-19)6-8-15/h5-8,13H,2-4,9-11H2,1H3,(H,20,23). The minimum absolute atomic E-state index is 0.122. The quantitative estimate of drug-likeness (QED) is 0.861. The molecular formula is C18H21N3O3. The van der Waals surface area contributed by atoms with Crippen molar-refractivity contribution in [2.45, 2.75) is 38.1 Å². The Balaban J connectivity index is 1.60. The zero-order valence-corrected chi connectivity index (χ0v) is 13.7. The molecule has 1 aliphatic carbocycles. The van der Waals surface area contributed by atoms with Crippen LogP contribution < -0.4 is 10.1 Å². The zero-order valence-electron chi connectivity index (χ0n) is 13.7. The van der Waals surface area contributed by atoms with E-state index < -0.39 is 5.54 Å². The van der Waals surface area contributed by atoms with Gasteiger partial charge in [0.2, 0.25) is 0 Å². The predicted octanol–water partition coefficient (Wildman–Crippen LogP) is 2.44. The molecule has 1 N–H and O–H groups in total. The second-order valence-corrected chi connectivity index (χ2v) is 6.49. The summed E-state index contributed by atoms with van der Waals surface area (Å²) >= 11 is 0. The van der Waals surface area contributed by atoms with Gasteiger partial charge < -0.3 is 10.1 Å².